The van der Waals surface area contributed by atoms with Crippen molar-refractivity contribution < 1.29 is 14.7 Å². The number of nitrogens with zero attached hydrogens (tertiary/aromatic N) is 1. The van der Waals surface area contributed by atoms with Crippen molar-refractivity contribution in [3.05, 3.63) is 29.8 Å². The van der Waals surface area contributed by atoms with Crippen LogP contribution in [0.3, 0.4) is 0 Å². The molecule has 2 atom stereocenters. The minimum atomic E-state index is -1.02. The predicted octanol–water partition coefficient (Wildman–Crippen LogP) is 2.78. The van der Waals surface area contributed by atoms with Crippen LogP contribution in [0.5, 0.6) is 0 Å². The van der Waals surface area contributed by atoms with Gasteiger partial charge in [-0.2, -0.15) is 0 Å². The summed E-state index contributed by atoms with van der Waals surface area (Å²) in [6, 6.07) is 7.10. The van der Waals surface area contributed by atoms with Gasteiger partial charge in [-0.3, -0.25) is 9.69 Å². The predicted molar refractivity (Wildman–Crippen MR) is 81.5 cm³/mol. The second kappa shape index (κ2) is 6.61. The fourth-order valence-electron chi connectivity index (χ4n) is 2.73. The van der Waals surface area contributed by atoms with Crippen molar-refractivity contribution in [1.29, 1.82) is 0 Å². The number of carbonyl (C=O) groups excluding carboxylic acids is 1. The summed E-state index contributed by atoms with van der Waals surface area (Å²) in [7, 11) is 0. The van der Waals surface area contributed by atoms with E-state index in [0.29, 0.717) is 11.6 Å². The molecule has 21 heavy (non-hydrogen) atoms. The number of carbonyl (C=O) groups is 2. The first-order chi connectivity index (χ1) is 9.95. The lowest BCUT2D eigenvalue weighted by molar-refractivity contribution is -0.135. The number of hydrogen-bond donors (Lipinski definition) is 2. The molecule has 1 aliphatic carbocycles. The van der Waals surface area contributed by atoms with E-state index in [1.165, 1.54) is 4.90 Å². The Morgan fingerprint density at radius 1 is 1.29 bits per heavy atom. The van der Waals surface area contributed by atoms with Crippen LogP contribution in [0.25, 0.3) is 0 Å². The zero-order chi connectivity index (χ0) is 15.4. The number of carboxylic acids is 1. The molecule has 0 saturated heterocycles. The smallest absolute Gasteiger partial charge is 0.323 e. The molecule has 0 aromatic heterocycles. The number of aliphatic carboxylic acids is 1. The van der Waals surface area contributed by atoms with Gasteiger partial charge in [-0.1, -0.05) is 24.6 Å². The van der Waals surface area contributed by atoms with Crippen LogP contribution >= 0.6 is 0 Å². The van der Waals surface area contributed by atoms with Crippen LogP contribution in [0.1, 0.15) is 31.7 Å². The Labute approximate surface area is 125 Å². The molecule has 2 amide bonds. The zero-order valence-corrected chi connectivity index (χ0v) is 12.5. The summed E-state index contributed by atoms with van der Waals surface area (Å²) in [4.78, 5) is 24.7. The number of urea groups is 1. The van der Waals surface area contributed by atoms with E-state index in [2.05, 4.69) is 12.2 Å². The molecule has 1 aromatic rings. The molecule has 0 bridgehead atoms. The fourth-order valence-corrected chi connectivity index (χ4v) is 2.73. The first-order valence-electron chi connectivity index (χ1n) is 7.32. The molecule has 0 radical (unpaired) electrons. The summed E-state index contributed by atoms with van der Waals surface area (Å²) >= 11 is 0. The van der Waals surface area contributed by atoms with Crippen LogP contribution in [0.4, 0.5) is 10.5 Å². The van der Waals surface area contributed by atoms with Crippen LogP contribution in [-0.4, -0.2) is 29.7 Å². The Morgan fingerprint density at radius 3 is 2.48 bits per heavy atom. The first kappa shape index (κ1) is 15.4. The third kappa shape index (κ3) is 4.21. The molecule has 2 rings (SSSR count). The second-order valence-electron chi connectivity index (χ2n) is 5.88. The lowest BCUT2D eigenvalue weighted by Gasteiger charge is -2.24. The third-order valence-corrected chi connectivity index (χ3v) is 3.91. The molecule has 2 unspecified atom stereocenters. The highest BCUT2D eigenvalue weighted by molar-refractivity contribution is 5.96. The van der Waals surface area contributed by atoms with Crippen molar-refractivity contribution >= 4 is 17.7 Å². The molecule has 1 fully saturated rings. The average Bonchev–Trinajstić information content (AvgIpc) is 2.82. The lowest BCUT2D eigenvalue weighted by atomic mass is 10.1. The summed E-state index contributed by atoms with van der Waals surface area (Å²) in [6.07, 6.45) is 3.02. The molecule has 5 heteroatoms. The molecule has 0 aliphatic heterocycles. The largest absolute Gasteiger partial charge is 0.480 e. The molecule has 1 saturated carbocycles. The Morgan fingerprint density at radius 2 is 1.95 bits per heavy atom. The highest BCUT2D eigenvalue weighted by Gasteiger charge is 2.26. The zero-order valence-electron chi connectivity index (χ0n) is 12.5. The number of aryl methyl sites for hydroxylation is 1. The molecule has 114 valence electrons. The summed E-state index contributed by atoms with van der Waals surface area (Å²) in [5.74, 6) is -0.409. The van der Waals surface area contributed by atoms with Gasteiger partial charge < -0.3 is 10.4 Å². The monoisotopic (exact) mass is 290 g/mol. The van der Waals surface area contributed by atoms with Crippen molar-refractivity contribution in [1.82, 2.24) is 5.32 Å². The Kier molecular flexibility index (Phi) is 4.83. The number of benzene rings is 1. The van der Waals surface area contributed by atoms with E-state index in [9.17, 15) is 9.59 Å². The van der Waals surface area contributed by atoms with Crippen LogP contribution in [0.2, 0.25) is 0 Å². The summed E-state index contributed by atoms with van der Waals surface area (Å²) in [5.41, 5.74) is 1.67. The van der Waals surface area contributed by atoms with Gasteiger partial charge in [0.2, 0.25) is 0 Å². The van der Waals surface area contributed by atoms with Gasteiger partial charge in [-0.25, -0.2) is 4.79 Å². The fraction of sp³-hybridized carbons (Fsp3) is 0.500. The number of anilines is 1. The second-order valence-corrected chi connectivity index (χ2v) is 5.88. The van der Waals surface area contributed by atoms with E-state index in [4.69, 9.17) is 5.11 Å². The first-order valence-corrected chi connectivity index (χ1v) is 7.32. The van der Waals surface area contributed by atoms with Gasteiger partial charge in [-0.05, 0) is 44.2 Å². The molecule has 5 nitrogen and oxygen atoms in total. The van der Waals surface area contributed by atoms with Gasteiger partial charge in [0, 0.05) is 11.7 Å². The van der Waals surface area contributed by atoms with Crippen LogP contribution in [0, 0.1) is 12.8 Å². The van der Waals surface area contributed by atoms with E-state index in [1.54, 1.807) is 12.1 Å². The van der Waals surface area contributed by atoms with Crippen LogP contribution in [-0.2, 0) is 4.79 Å². The summed E-state index contributed by atoms with van der Waals surface area (Å²) < 4.78 is 0. The topological polar surface area (TPSA) is 69.6 Å². The quantitative estimate of drug-likeness (QED) is 0.896. The minimum absolute atomic E-state index is 0.147. The summed E-state index contributed by atoms with van der Waals surface area (Å²) in [5, 5.41) is 12.0. The van der Waals surface area contributed by atoms with Crippen molar-refractivity contribution in [2.75, 3.05) is 11.4 Å². The van der Waals surface area contributed by atoms with Gasteiger partial charge in [0.1, 0.15) is 6.54 Å². The van der Waals surface area contributed by atoms with Gasteiger partial charge in [0.05, 0.1) is 0 Å². The van der Waals surface area contributed by atoms with Crippen molar-refractivity contribution in [3.63, 3.8) is 0 Å². The van der Waals surface area contributed by atoms with Gasteiger partial charge >= 0.3 is 12.0 Å². The highest BCUT2D eigenvalue weighted by Crippen LogP contribution is 2.25. The summed E-state index contributed by atoms with van der Waals surface area (Å²) in [6.45, 7) is 3.78. The van der Waals surface area contributed by atoms with Crippen LogP contribution in [0.15, 0.2) is 24.3 Å². The van der Waals surface area contributed by atoms with Crippen molar-refractivity contribution in [2.24, 2.45) is 5.92 Å². The van der Waals surface area contributed by atoms with E-state index >= 15 is 0 Å². The third-order valence-electron chi connectivity index (χ3n) is 3.91. The average molecular weight is 290 g/mol. The number of hydrogen-bond acceptors (Lipinski definition) is 2. The SMILES string of the molecule is Cc1ccc(N(CC(=O)O)C(=O)NC2CCC(C)C2)cc1. The van der Waals surface area contributed by atoms with E-state index in [0.717, 1.165) is 24.8 Å². The molecule has 0 heterocycles. The Hall–Kier alpha value is -2.04. The van der Waals surface area contributed by atoms with Gasteiger partial charge in [0.25, 0.3) is 0 Å². The van der Waals surface area contributed by atoms with E-state index < -0.39 is 5.97 Å². The number of carboxylic acid groups (broad SMARTS) is 1. The van der Waals surface area contributed by atoms with Crippen molar-refractivity contribution in [3.8, 4) is 0 Å². The Bertz CT molecular complexity index is 513. The molecule has 1 aromatic carbocycles. The lowest BCUT2D eigenvalue weighted by Crippen LogP contribution is -2.46. The number of rotatable bonds is 4. The maximum absolute atomic E-state index is 12.4. The van der Waals surface area contributed by atoms with Gasteiger partial charge in [0.15, 0.2) is 0 Å². The normalized spacial score (nSPS) is 21.0. The molecular weight excluding hydrogens is 268 g/mol. The number of amides is 2. The Balaban J connectivity index is 2.09. The molecular formula is C16H22N2O3. The van der Waals surface area contributed by atoms with Crippen molar-refractivity contribution in [2.45, 2.75) is 39.2 Å². The molecule has 0 spiro atoms. The highest BCUT2D eigenvalue weighted by atomic mass is 16.4. The van der Waals surface area contributed by atoms with E-state index in [-0.39, 0.29) is 18.6 Å². The standard InChI is InChI=1S/C16H22N2O3/c1-11-4-7-14(8-5-11)18(10-15(19)20)16(21)17-13-6-3-12(2)9-13/h4-5,7-8,12-13H,3,6,9-10H2,1-2H3,(H,17,21)(H,19,20). The molecule has 2 N–H and O–H groups in total. The van der Waals surface area contributed by atoms with Crippen LogP contribution < -0.4 is 10.2 Å². The van der Waals surface area contributed by atoms with E-state index in [1.807, 2.05) is 19.1 Å². The maximum atomic E-state index is 12.4. The minimum Gasteiger partial charge on any atom is -0.480 e. The number of nitrogens with one attached hydrogen (secondary N) is 1. The maximum Gasteiger partial charge on any atom is 0.323 e. The van der Waals surface area contributed by atoms with Gasteiger partial charge in [-0.15, -0.1) is 0 Å². The molecule has 1 aliphatic rings.